The molecule has 0 aliphatic rings. The van der Waals surface area contributed by atoms with Gasteiger partial charge in [0.25, 0.3) is 0 Å². The number of rotatable bonds is 8. The minimum absolute atomic E-state index is 0.433. The van der Waals surface area contributed by atoms with Gasteiger partial charge in [0, 0.05) is 18.4 Å². The van der Waals surface area contributed by atoms with Crippen molar-refractivity contribution in [3.8, 4) is 5.69 Å². The van der Waals surface area contributed by atoms with E-state index in [0.717, 1.165) is 16.4 Å². The normalized spacial score (nSPS) is 12.3. The summed E-state index contributed by atoms with van der Waals surface area (Å²) in [5, 5.41) is 4.32. The van der Waals surface area contributed by atoms with Gasteiger partial charge in [0.2, 0.25) is 0 Å². The maximum atomic E-state index is 6.36. The molecule has 1 heterocycles. The summed E-state index contributed by atoms with van der Waals surface area (Å²) in [4.78, 5) is 4.11. The van der Waals surface area contributed by atoms with E-state index in [0.29, 0.717) is 6.04 Å². The van der Waals surface area contributed by atoms with Crippen molar-refractivity contribution in [1.82, 2.24) is 9.55 Å². The third-order valence-corrected chi connectivity index (χ3v) is 3.95. The molecule has 2 rings (SSSR count). The second-order valence-corrected chi connectivity index (χ2v) is 5.91. The molecule has 0 bridgehead atoms. The fourth-order valence-electron chi connectivity index (χ4n) is 2.50. The van der Waals surface area contributed by atoms with Crippen LogP contribution in [0.2, 0.25) is 5.02 Å². The highest BCUT2D eigenvalue weighted by Crippen LogP contribution is 2.29. The molecular weight excluding hydrogens is 282 g/mol. The largest absolute Gasteiger partial charge is 0.381 e. The third-order valence-electron chi connectivity index (χ3n) is 3.64. The second-order valence-electron chi connectivity index (χ2n) is 5.50. The summed E-state index contributed by atoms with van der Waals surface area (Å²) in [5.74, 6) is 0. The number of para-hydroxylation sites is 1. The quantitative estimate of drug-likeness (QED) is 0.671. The maximum absolute atomic E-state index is 6.36. The van der Waals surface area contributed by atoms with Crippen LogP contribution in [0.4, 0.5) is 5.69 Å². The highest BCUT2D eigenvalue weighted by Gasteiger charge is 2.11. The molecule has 0 radical (unpaired) electrons. The third kappa shape index (κ3) is 4.50. The van der Waals surface area contributed by atoms with Crippen molar-refractivity contribution >= 4 is 17.3 Å². The Morgan fingerprint density at radius 1 is 1.29 bits per heavy atom. The Labute approximate surface area is 132 Å². The topological polar surface area (TPSA) is 29.9 Å². The zero-order valence-electron chi connectivity index (χ0n) is 12.8. The predicted octanol–water partition coefficient (Wildman–Crippen LogP) is 5.30. The summed E-state index contributed by atoms with van der Waals surface area (Å²) in [5.41, 5.74) is 2.03. The smallest absolute Gasteiger partial charge is 0.0992 e. The molecule has 2 aromatic rings. The lowest BCUT2D eigenvalue weighted by Crippen LogP contribution is -2.16. The molecule has 3 nitrogen and oxygen atoms in total. The van der Waals surface area contributed by atoms with Gasteiger partial charge in [-0.15, -0.1) is 0 Å². The number of imidazole rings is 1. The molecule has 21 heavy (non-hydrogen) atoms. The van der Waals surface area contributed by atoms with Crippen LogP contribution in [0.25, 0.3) is 5.69 Å². The van der Waals surface area contributed by atoms with Gasteiger partial charge in [-0.3, -0.25) is 0 Å². The Kier molecular flexibility index (Phi) is 6.12. The molecule has 0 fully saturated rings. The fourth-order valence-corrected chi connectivity index (χ4v) is 2.77. The van der Waals surface area contributed by atoms with Gasteiger partial charge in [0.05, 0.1) is 22.7 Å². The Bertz CT molecular complexity index is 537. The molecule has 1 atom stereocenters. The molecule has 4 heteroatoms. The lowest BCUT2D eigenvalue weighted by atomic mass is 10.1. The van der Waals surface area contributed by atoms with Gasteiger partial charge in [-0.25, -0.2) is 4.98 Å². The first-order valence-electron chi connectivity index (χ1n) is 7.75. The molecule has 0 spiro atoms. The number of hydrogen-bond donors (Lipinski definition) is 1. The van der Waals surface area contributed by atoms with E-state index in [2.05, 4.69) is 30.2 Å². The maximum Gasteiger partial charge on any atom is 0.0992 e. The molecule has 0 saturated heterocycles. The summed E-state index contributed by atoms with van der Waals surface area (Å²) < 4.78 is 1.95. The Hall–Kier alpha value is -1.48. The van der Waals surface area contributed by atoms with Crippen LogP contribution in [-0.2, 0) is 0 Å². The zero-order chi connectivity index (χ0) is 15.1. The van der Waals surface area contributed by atoms with Gasteiger partial charge in [-0.2, -0.15) is 0 Å². The number of benzene rings is 1. The second kappa shape index (κ2) is 8.08. The number of unbranched alkanes of at least 4 members (excludes halogenated alkanes) is 3. The van der Waals surface area contributed by atoms with Crippen LogP contribution in [-0.4, -0.2) is 15.6 Å². The molecule has 1 aromatic heterocycles. The average Bonchev–Trinajstić information content (AvgIpc) is 2.97. The van der Waals surface area contributed by atoms with Gasteiger partial charge < -0.3 is 9.88 Å². The van der Waals surface area contributed by atoms with Crippen LogP contribution in [0.1, 0.15) is 46.0 Å². The van der Waals surface area contributed by atoms with Crippen molar-refractivity contribution in [1.29, 1.82) is 0 Å². The molecule has 0 saturated carbocycles. The molecule has 1 unspecified atom stereocenters. The number of halogens is 1. The van der Waals surface area contributed by atoms with E-state index in [1.165, 1.54) is 32.1 Å². The Balaban J connectivity index is 2.05. The lowest BCUT2D eigenvalue weighted by molar-refractivity contribution is 0.594. The van der Waals surface area contributed by atoms with E-state index < -0.39 is 0 Å². The van der Waals surface area contributed by atoms with E-state index in [1.807, 2.05) is 22.9 Å². The number of anilines is 1. The average molecular weight is 306 g/mol. The van der Waals surface area contributed by atoms with Crippen molar-refractivity contribution in [3.63, 3.8) is 0 Å². The fraction of sp³-hybridized carbons (Fsp3) is 0.471. The molecule has 0 aliphatic heterocycles. The van der Waals surface area contributed by atoms with Gasteiger partial charge >= 0.3 is 0 Å². The molecular formula is C17H24ClN3. The highest BCUT2D eigenvalue weighted by molar-refractivity contribution is 6.33. The summed E-state index contributed by atoms with van der Waals surface area (Å²) in [7, 11) is 0. The molecule has 1 aromatic carbocycles. The lowest BCUT2D eigenvalue weighted by Gasteiger charge is -2.19. The zero-order valence-corrected chi connectivity index (χ0v) is 13.6. The van der Waals surface area contributed by atoms with Crippen molar-refractivity contribution < 1.29 is 0 Å². The minimum Gasteiger partial charge on any atom is -0.381 e. The van der Waals surface area contributed by atoms with Crippen LogP contribution < -0.4 is 5.32 Å². The van der Waals surface area contributed by atoms with Gasteiger partial charge in [-0.1, -0.05) is 50.3 Å². The summed E-state index contributed by atoms with van der Waals surface area (Å²) >= 11 is 6.36. The Morgan fingerprint density at radius 2 is 2.14 bits per heavy atom. The van der Waals surface area contributed by atoms with Crippen molar-refractivity contribution in [2.75, 3.05) is 5.32 Å². The monoisotopic (exact) mass is 305 g/mol. The van der Waals surface area contributed by atoms with Gasteiger partial charge in [-0.05, 0) is 25.5 Å². The summed E-state index contributed by atoms with van der Waals surface area (Å²) in [6.07, 6.45) is 11.8. The van der Waals surface area contributed by atoms with E-state index in [1.54, 1.807) is 12.5 Å². The molecule has 1 N–H and O–H groups in total. The number of nitrogens with one attached hydrogen (secondary N) is 1. The van der Waals surface area contributed by atoms with Gasteiger partial charge in [0.1, 0.15) is 0 Å². The first-order chi connectivity index (χ1) is 10.2. The van der Waals surface area contributed by atoms with Crippen molar-refractivity contribution in [3.05, 3.63) is 41.9 Å². The van der Waals surface area contributed by atoms with E-state index >= 15 is 0 Å². The number of hydrogen-bond acceptors (Lipinski definition) is 2. The number of nitrogens with zero attached hydrogens (tertiary/aromatic N) is 2. The van der Waals surface area contributed by atoms with Crippen LogP contribution in [0.3, 0.4) is 0 Å². The Morgan fingerprint density at radius 3 is 2.86 bits per heavy atom. The standard InChI is InChI=1S/C17H24ClN3/c1-3-4-5-6-8-14(2)20-16-10-7-9-15(18)17(16)21-12-11-19-13-21/h7,9-14,20H,3-6,8H2,1-2H3. The van der Waals surface area contributed by atoms with Crippen molar-refractivity contribution in [2.24, 2.45) is 0 Å². The predicted molar refractivity (Wildman–Crippen MR) is 90.4 cm³/mol. The van der Waals surface area contributed by atoms with E-state index in [4.69, 9.17) is 11.6 Å². The van der Waals surface area contributed by atoms with Crippen LogP contribution >= 0.6 is 11.6 Å². The molecule has 114 valence electrons. The van der Waals surface area contributed by atoms with Crippen molar-refractivity contribution in [2.45, 2.75) is 52.0 Å². The minimum atomic E-state index is 0.433. The summed E-state index contributed by atoms with van der Waals surface area (Å²) in [6.45, 7) is 4.47. The first kappa shape index (κ1) is 15.9. The van der Waals surface area contributed by atoms with E-state index in [9.17, 15) is 0 Å². The van der Waals surface area contributed by atoms with E-state index in [-0.39, 0.29) is 0 Å². The first-order valence-corrected chi connectivity index (χ1v) is 8.13. The molecule has 0 aliphatic carbocycles. The SMILES string of the molecule is CCCCCCC(C)Nc1cccc(Cl)c1-n1ccnc1. The highest BCUT2D eigenvalue weighted by atomic mass is 35.5. The number of aromatic nitrogens is 2. The van der Waals surface area contributed by atoms with Crippen LogP contribution in [0.5, 0.6) is 0 Å². The van der Waals surface area contributed by atoms with Crippen LogP contribution in [0, 0.1) is 0 Å². The van der Waals surface area contributed by atoms with Gasteiger partial charge in [0.15, 0.2) is 0 Å². The summed E-state index contributed by atoms with van der Waals surface area (Å²) in [6, 6.07) is 6.40. The molecule has 0 amide bonds. The van der Waals surface area contributed by atoms with Crippen LogP contribution in [0.15, 0.2) is 36.9 Å².